The monoisotopic (exact) mass is 443 g/mol. The molecule has 0 radical (unpaired) electrons. The maximum absolute atomic E-state index is 12.7. The Morgan fingerprint density at radius 2 is 1.81 bits per heavy atom. The van der Waals surface area contributed by atoms with Gasteiger partial charge < -0.3 is 5.73 Å². The van der Waals surface area contributed by atoms with E-state index in [4.69, 9.17) is 22.4 Å². The van der Waals surface area contributed by atoms with E-state index in [-0.39, 0.29) is 0 Å². The minimum atomic E-state index is -0.942. The second-order valence-electron chi connectivity index (χ2n) is 7.29. The molecule has 158 valence electrons. The number of fused-ring (bicyclic) bond motifs is 3. The number of pyridine rings is 1. The molecule has 1 aliphatic rings. The normalized spacial score (nSPS) is 13.6. The topological polar surface area (TPSA) is 102 Å². The summed E-state index contributed by atoms with van der Waals surface area (Å²) in [6.45, 7) is 1.85. The van der Waals surface area contributed by atoms with E-state index in [9.17, 15) is 4.79 Å². The summed E-state index contributed by atoms with van der Waals surface area (Å²) in [5.74, 6) is 0.446. The second kappa shape index (κ2) is 7.90. The number of nitrogens with zero attached hydrogens (tertiary/aromatic N) is 6. The lowest BCUT2D eigenvalue weighted by Crippen LogP contribution is -2.36. The molecule has 2 aromatic carbocycles. The highest BCUT2D eigenvalue weighted by Gasteiger charge is 2.34. The van der Waals surface area contributed by atoms with Gasteiger partial charge in [-0.3, -0.25) is 14.3 Å². The van der Waals surface area contributed by atoms with E-state index >= 15 is 0 Å². The van der Waals surface area contributed by atoms with Gasteiger partial charge in [-0.15, -0.1) is 10.2 Å². The number of carbonyl (C=O) groups excluding carboxylic acids is 1. The van der Waals surface area contributed by atoms with Crippen LogP contribution in [0.25, 0.3) is 5.69 Å². The summed E-state index contributed by atoms with van der Waals surface area (Å²) in [6, 6.07) is 17.8. The third-order valence-corrected chi connectivity index (χ3v) is 5.50. The molecule has 1 atom stereocenters. The van der Waals surface area contributed by atoms with Crippen molar-refractivity contribution >= 4 is 29.2 Å². The SMILES string of the molecule is Cc1nnc2n1-c1ccccc1C(c1ccc(Cl)cc1)=NN2C(C(N)=O)c1cccnc1. The molecule has 1 amide bonds. The first-order chi connectivity index (χ1) is 15.5. The van der Waals surface area contributed by atoms with Crippen LogP contribution in [0.3, 0.4) is 0 Å². The summed E-state index contributed by atoms with van der Waals surface area (Å²) >= 11 is 6.12. The van der Waals surface area contributed by atoms with Crippen molar-refractivity contribution in [3.63, 3.8) is 0 Å². The summed E-state index contributed by atoms with van der Waals surface area (Å²) in [6.07, 6.45) is 3.23. The number of primary amides is 1. The van der Waals surface area contributed by atoms with Crippen LogP contribution in [0.5, 0.6) is 0 Å². The fraction of sp³-hybridized carbons (Fsp3) is 0.0870. The van der Waals surface area contributed by atoms with E-state index in [2.05, 4.69) is 15.2 Å². The number of para-hydroxylation sites is 1. The number of aryl methyl sites for hydroxylation is 1. The van der Waals surface area contributed by atoms with Gasteiger partial charge in [-0.1, -0.05) is 48.0 Å². The smallest absolute Gasteiger partial charge is 0.253 e. The van der Waals surface area contributed by atoms with Gasteiger partial charge in [0, 0.05) is 34.1 Å². The maximum Gasteiger partial charge on any atom is 0.253 e. The molecular formula is C23H18ClN7O. The molecule has 8 nitrogen and oxygen atoms in total. The maximum atomic E-state index is 12.7. The van der Waals surface area contributed by atoms with Gasteiger partial charge in [0.15, 0.2) is 6.04 Å². The zero-order valence-electron chi connectivity index (χ0n) is 17.1. The molecule has 2 N–H and O–H groups in total. The van der Waals surface area contributed by atoms with E-state index in [1.807, 2.05) is 47.9 Å². The van der Waals surface area contributed by atoms with Gasteiger partial charge in [-0.2, -0.15) is 5.10 Å². The van der Waals surface area contributed by atoms with Crippen LogP contribution in [0, 0.1) is 6.92 Å². The molecule has 3 heterocycles. The lowest BCUT2D eigenvalue weighted by Gasteiger charge is -2.25. The number of carbonyl (C=O) groups is 1. The van der Waals surface area contributed by atoms with Crippen molar-refractivity contribution in [2.75, 3.05) is 5.01 Å². The Hall–Kier alpha value is -4.04. The number of nitrogens with two attached hydrogens (primary N) is 1. The molecule has 1 aliphatic heterocycles. The Morgan fingerprint density at radius 3 is 2.53 bits per heavy atom. The zero-order chi connectivity index (χ0) is 22.2. The van der Waals surface area contributed by atoms with Gasteiger partial charge in [0.25, 0.3) is 5.95 Å². The van der Waals surface area contributed by atoms with Crippen LogP contribution in [-0.4, -0.2) is 31.4 Å². The van der Waals surface area contributed by atoms with Gasteiger partial charge >= 0.3 is 0 Å². The van der Waals surface area contributed by atoms with Gasteiger partial charge in [-0.25, -0.2) is 5.01 Å². The number of aromatic nitrogens is 4. The van der Waals surface area contributed by atoms with Gasteiger partial charge in [0.05, 0.1) is 5.69 Å². The average Bonchev–Trinajstić information content (AvgIpc) is 3.12. The van der Waals surface area contributed by atoms with Crippen molar-refractivity contribution in [3.8, 4) is 5.69 Å². The van der Waals surface area contributed by atoms with Crippen LogP contribution >= 0.6 is 11.6 Å². The predicted octanol–water partition coefficient (Wildman–Crippen LogP) is 3.42. The highest BCUT2D eigenvalue weighted by molar-refractivity contribution is 6.30. The second-order valence-corrected chi connectivity index (χ2v) is 7.73. The van der Waals surface area contributed by atoms with Crippen LogP contribution in [0.15, 0.2) is 78.2 Å². The van der Waals surface area contributed by atoms with E-state index in [0.717, 1.165) is 16.8 Å². The predicted molar refractivity (Wildman–Crippen MR) is 122 cm³/mol. The molecule has 0 saturated heterocycles. The Labute approximate surface area is 189 Å². The Morgan fingerprint density at radius 1 is 1.03 bits per heavy atom. The highest BCUT2D eigenvalue weighted by Crippen LogP contribution is 2.34. The lowest BCUT2D eigenvalue weighted by atomic mass is 10.0. The third-order valence-electron chi connectivity index (χ3n) is 5.25. The first kappa shape index (κ1) is 19.9. The van der Waals surface area contributed by atoms with Crippen LogP contribution in [0.4, 0.5) is 5.95 Å². The van der Waals surface area contributed by atoms with Gasteiger partial charge in [0.1, 0.15) is 11.5 Å². The van der Waals surface area contributed by atoms with Crippen molar-refractivity contribution in [3.05, 3.63) is 101 Å². The fourth-order valence-electron chi connectivity index (χ4n) is 3.81. The molecule has 0 spiro atoms. The Kier molecular flexibility index (Phi) is 4.91. The van der Waals surface area contributed by atoms with Crippen molar-refractivity contribution < 1.29 is 4.79 Å². The zero-order valence-corrected chi connectivity index (χ0v) is 17.8. The van der Waals surface area contributed by atoms with Crippen molar-refractivity contribution in [2.24, 2.45) is 10.8 Å². The quantitative estimate of drug-likeness (QED) is 0.520. The van der Waals surface area contributed by atoms with Crippen LogP contribution in [0.2, 0.25) is 5.02 Å². The van der Waals surface area contributed by atoms with E-state index in [1.54, 1.807) is 36.7 Å². The molecule has 4 aromatic rings. The average molecular weight is 444 g/mol. The molecule has 5 rings (SSSR count). The number of hydrogen-bond donors (Lipinski definition) is 1. The van der Waals surface area contributed by atoms with Crippen LogP contribution in [-0.2, 0) is 4.79 Å². The number of anilines is 1. The molecule has 0 saturated carbocycles. The largest absolute Gasteiger partial charge is 0.368 e. The van der Waals surface area contributed by atoms with Gasteiger partial charge in [-0.05, 0) is 31.2 Å². The van der Waals surface area contributed by atoms with Crippen molar-refractivity contribution in [1.29, 1.82) is 0 Å². The van der Waals surface area contributed by atoms with Crippen molar-refractivity contribution in [2.45, 2.75) is 13.0 Å². The molecule has 0 fully saturated rings. The van der Waals surface area contributed by atoms with E-state index < -0.39 is 11.9 Å². The summed E-state index contributed by atoms with van der Waals surface area (Å²) in [7, 11) is 0. The number of hydrazone groups is 1. The van der Waals surface area contributed by atoms with Crippen LogP contribution in [0.1, 0.15) is 28.6 Å². The number of hydrogen-bond acceptors (Lipinski definition) is 6. The highest BCUT2D eigenvalue weighted by atomic mass is 35.5. The van der Waals surface area contributed by atoms with Crippen molar-refractivity contribution in [1.82, 2.24) is 19.7 Å². The molecule has 32 heavy (non-hydrogen) atoms. The standard InChI is InChI=1S/C23H18ClN7O/c1-14-27-28-23-30(14)19-7-3-2-6-18(19)20(15-8-10-17(24)11-9-15)29-31(23)21(22(25)32)16-5-4-12-26-13-16/h2-13,21H,1H3,(H2,25,32). The third kappa shape index (κ3) is 3.30. The summed E-state index contributed by atoms with van der Waals surface area (Å²) in [5.41, 5.74) is 9.65. The minimum absolute atomic E-state index is 0.381. The van der Waals surface area contributed by atoms with Crippen LogP contribution < -0.4 is 10.7 Å². The fourth-order valence-corrected chi connectivity index (χ4v) is 3.94. The molecule has 2 aromatic heterocycles. The van der Waals surface area contributed by atoms with Gasteiger partial charge in [0.2, 0.25) is 5.91 Å². The first-order valence-corrected chi connectivity index (χ1v) is 10.3. The number of benzene rings is 2. The number of rotatable bonds is 4. The molecule has 9 heteroatoms. The summed E-state index contributed by atoms with van der Waals surface area (Å²) < 4.78 is 1.87. The van der Waals surface area contributed by atoms with E-state index in [1.165, 1.54) is 5.01 Å². The Balaban J connectivity index is 1.82. The molecule has 0 aliphatic carbocycles. The minimum Gasteiger partial charge on any atom is -0.368 e. The molecule has 1 unspecified atom stereocenters. The first-order valence-electron chi connectivity index (χ1n) is 9.89. The lowest BCUT2D eigenvalue weighted by molar-refractivity contribution is -0.119. The molecule has 0 bridgehead atoms. The summed E-state index contributed by atoms with van der Waals surface area (Å²) in [5, 5.41) is 15.7. The Bertz CT molecular complexity index is 1330. The summed E-state index contributed by atoms with van der Waals surface area (Å²) in [4.78, 5) is 16.9. The molecular weight excluding hydrogens is 426 g/mol. The number of amides is 1. The van der Waals surface area contributed by atoms with E-state index in [0.29, 0.717) is 28.1 Å². The number of halogens is 1.